The van der Waals surface area contributed by atoms with Gasteiger partial charge in [0.1, 0.15) is 11.4 Å². The molecule has 1 saturated heterocycles. The Morgan fingerprint density at radius 1 is 1.12 bits per heavy atom. The topological polar surface area (TPSA) is 121 Å². The first-order valence-electron chi connectivity index (χ1n) is 11.0. The number of ether oxygens (including phenoxy) is 1. The Labute approximate surface area is 190 Å². The first-order valence-corrected chi connectivity index (χ1v) is 11.0. The molecule has 3 aromatic rings. The van der Waals surface area contributed by atoms with Crippen molar-refractivity contribution in [2.24, 2.45) is 0 Å². The maximum atomic E-state index is 12.9. The van der Waals surface area contributed by atoms with Crippen molar-refractivity contribution in [3.63, 3.8) is 0 Å². The van der Waals surface area contributed by atoms with Gasteiger partial charge in [-0.3, -0.25) is 14.4 Å². The molecule has 0 saturated carbocycles. The van der Waals surface area contributed by atoms with E-state index in [1.807, 2.05) is 37.3 Å². The highest BCUT2D eigenvalue weighted by Gasteiger charge is 2.27. The number of rotatable bonds is 7. The molecule has 33 heavy (non-hydrogen) atoms. The summed E-state index contributed by atoms with van der Waals surface area (Å²) in [5, 5.41) is 16.7. The molecule has 0 spiro atoms. The van der Waals surface area contributed by atoms with Crippen molar-refractivity contribution in [2.45, 2.75) is 25.8 Å². The Kier molecular flexibility index (Phi) is 6.69. The van der Waals surface area contributed by atoms with Crippen molar-refractivity contribution in [1.82, 2.24) is 9.88 Å². The first-order chi connectivity index (χ1) is 16.0. The molecule has 4 rings (SSSR count). The van der Waals surface area contributed by atoms with E-state index in [4.69, 9.17) is 4.74 Å². The van der Waals surface area contributed by atoms with Crippen LogP contribution < -0.4 is 21.5 Å². The largest absolute Gasteiger partial charge is 0.504 e. The van der Waals surface area contributed by atoms with Gasteiger partial charge in [-0.2, -0.15) is 0 Å². The first kappa shape index (κ1) is 22.5. The van der Waals surface area contributed by atoms with E-state index in [9.17, 15) is 19.5 Å². The zero-order valence-corrected chi connectivity index (χ0v) is 18.3. The van der Waals surface area contributed by atoms with Crippen molar-refractivity contribution >= 4 is 23.0 Å². The van der Waals surface area contributed by atoms with Crippen LogP contribution in [0.2, 0.25) is 0 Å². The maximum Gasteiger partial charge on any atom is 0.276 e. The lowest BCUT2D eigenvalue weighted by molar-refractivity contribution is 0.0732. The molecular weight excluding hydrogens is 424 g/mol. The van der Waals surface area contributed by atoms with Crippen LogP contribution in [0.3, 0.4) is 0 Å². The number of nitrogens with one attached hydrogen (secondary N) is 2. The fraction of sp³-hybridized carbons (Fsp3) is 0.333. The van der Waals surface area contributed by atoms with E-state index in [0.29, 0.717) is 39.1 Å². The summed E-state index contributed by atoms with van der Waals surface area (Å²) in [7, 11) is 0. The number of benzene rings is 1. The SMILES string of the molecule is CC[C@@H](Nc1c(Nc2ccnc(C(=O)N3CCCOCC3)c2O)c(=O)c1=O)c1ccccc1. The van der Waals surface area contributed by atoms with Crippen LogP contribution >= 0.6 is 0 Å². The summed E-state index contributed by atoms with van der Waals surface area (Å²) in [4.78, 5) is 43.1. The lowest BCUT2D eigenvalue weighted by Gasteiger charge is -2.23. The number of nitrogens with zero attached hydrogens (tertiary/aromatic N) is 2. The van der Waals surface area contributed by atoms with Crippen molar-refractivity contribution in [2.75, 3.05) is 36.9 Å². The third-order valence-corrected chi connectivity index (χ3v) is 5.74. The Hall–Kier alpha value is -3.72. The minimum Gasteiger partial charge on any atom is -0.504 e. The lowest BCUT2D eigenvalue weighted by atomic mass is 10.0. The molecule has 2 heterocycles. The molecule has 0 aliphatic carbocycles. The van der Waals surface area contributed by atoms with Crippen LogP contribution in [0.5, 0.6) is 5.75 Å². The number of aromatic nitrogens is 1. The summed E-state index contributed by atoms with van der Waals surface area (Å²) < 4.78 is 5.37. The summed E-state index contributed by atoms with van der Waals surface area (Å²) in [5.74, 6) is -0.790. The van der Waals surface area contributed by atoms with Crippen LogP contribution in [0.4, 0.5) is 17.1 Å². The number of anilines is 3. The zero-order valence-electron chi connectivity index (χ0n) is 18.3. The van der Waals surface area contributed by atoms with Gasteiger partial charge < -0.3 is 25.4 Å². The Balaban J connectivity index is 1.57. The van der Waals surface area contributed by atoms with Gasteiger partial charge >= 0.3 is 0 Å². The fourth-order valence-corrected chi connectivity index (χ4v) is 3.87. The van der Waals surface area contributed by atoms with Gasteiger partial charge in [0.05, 0.1) is 18.3 Å². The van der Waals surface area contributed by atoms with E-state index in [-0.39, 0.29) is 34.5 Å². The third kappa shape index (κ3) is 4.58. The summed E-state index contributed by atoms with van der Waals surface area (Å²) in [6.07, 6.45) is 2.77. The number of hydrogen-bond acceptors (Lipinski definition) is 8. The number of carbonyl (C=O) groups is 1. The van der Waals surface area contributed by atoms with Crippen LogP contribution in [-0.4, -0.2) is 47.2 Å². The molecule has 1 amide bonds. The van der Waals surface area contributed by atoms with Crippen molar-refractivity contribution < 1.29 is 14.6 Å². The van der Waals surface area contributed by atoms with Gasteiger partial charge in [-0.05, 0) is 24.5 Å². The van der Waals surface area contributed by atoms with Gasteiger partial charge in [0.15, 0.2) is 11.4 Å². The minimum atomic E-state index is -0.686. The second-order valence-electron chi connectivity index (χ2n) is 7.86. The molecule has 3 N–H and O–H groups in total. The van der Waals surface area contributed by atoms with Crippen LogP contribution in [0.25, 0.3) is 0 Å². The van der Waals surface area contributed by atoms with Crippen molar-refractivity contribution in [3.8, 4) is 5.75 Å². The molecule has 9 heteroatoms. The van der Waals surface area contributed by atoms with Crippen molar-refractivity contribution in [3.05, 3.63) is 74.3 Å². The average molecular weight is 450 g/mol. The van der Waals surface area contributed by atoms with Crippen LogP contribution in [0.15, 0.2) is 52.2 Å². The van der Waals surface area contributed by atoms with E-state index in [1.54, 1.807) is 4.90 Å². The van der Waals surface area contributed by atoms with Crippen LogP contribution in [0, 0.1) is 0 Å². The molecule has 9 nitrogen and oxygen atoms in total. The van der Waals surface area contributed by atoms with Gasteiger partial charge in [-0.1, -0.05) is 37.3 Å². The Morgan fingerprint density at radius 3 is 2.64 bits per heavy atom. The highest BCUT2D eigenvalue weighted by atomic mass is 16.5. The lowest BCUT2D eigenvalue weighted by Crippen LogP contribution is -2.37. The van der Waals surface area contributed by atoms with E-state index in [1.165, 1.54) is 12.3 Å². The molecule has 0 radical (unpaired) electrons. The summed E-state index contributed by atoms with van der Waals surface area (Å²) in [5.41, 5.74) is -0.106. The molecule has 1 atom stereocenters. The summed E-state index contributed by atoms with van der Waals surface area (Å²) in [6, 6.07) is 10.9. The quantitative estimate of drug-likeness (QED) is 0.470. The molecule has 0 bridgehead atoms. The van der Waals surface area contributed by atoms with Gasteiger partial charge in [-0.15, -0.1) is 0 Å². The van der Waals surface area contributed by atoms with Crippen molar-refractivity contribution in [1.29, 1.82) is 0 Å². The number of pyridine rings is 1. The third-order valence-electron chi connectivity index (χ3n) is 5.74. The fourth-order valence-electron chi connectivity index (χ4n) is 3.87. The van der Waals surface area contributed by atoms with Gasteiger partial charge in [-0.25, -0.2) is 4.98 Å². The van der Waals surface area contributed by atoms with Gasteiger partial charge in [0, 0.05) is 25.9 Å². The molecule has 0 unspecified atom stereocenters. The number of amides is 1. The van der Waals surface area contributed by atoms with Crippen LogP contribution in [-0.2, 0) is 4.74 Å². The van der Waals surface area contributed by atoms with Gasteiger partial charge in [0.25, 0.3) is 16.8 Å². The number of aromatic hydroxyl groups is 1. The zero-order chi connectivity index (χ0) is 23.4. The monoisotopic (exact) mass is 450 g/mol. The normalized spacial score (nSPS) is 15.1. The van der Waals surface area contributed by atoms with E-state index in [2.05, 4.69) is 15.6 Å². The summed E-state index contributed by atoms with van der Waals surface area (Å²) in [6.45, 7) is 3.88. The molecule has 1 aromatic heterocycles. The van der Waals surface area contributed by atoms with Crippen LogP contribution in [0.1, 0.15) is 41.9 Å². The molecule has 172 valence electrons. The summed E-state index contributed by atoms with van der Waals surface area (Å²) >= 11 is 0. The Bertz CT molecular complexity index is 1200. The van der Waals surface area contributed by atoms with E-state index in [0.717, 1.165) is 5.56 Å². The molecule has 2 aromatic carbocycles. The predicted octanol–water partition coefficient (Wildman–Crippen LogP) is 2.55. The molecule has 1 aliphatic rings. The maximum absolute atomic E-state index is 12.9. The second kappa shape index (κ2) is 9.83. The van der Waals surface area contributed by atoms with E-state index >= 15 is 0 Å². The highest BCUT2D eigenvalue weighted by molar-refractivity contribution is 5.97. The number of carbonyl (C=O) groups excluding carboxylic acids is 1. The van der Waals surface area contributed by atoms with E-state index < -0.39 is 16.8 Å². The standard InChI is InChI=1S/C24H26N4O5/c1-2-16(15-7-4-3-5-8-15)26-18-19(23(31)22(18)30)27-17-9-10-25-20(21(17)29)24(32)28-11-6-13-33-14-12-28/h3-5,7-10,16,26,29H,2,6,11-14H2,1H3,(H,25,27)/t16-/m1/s1. The Morgan fingerprint density at radius 2 is 1.88 bits per heavy atom. The molecular formula is C24H26N4O5. The minimum absolute atomic E-state index is 0.0532. The van der Waals surface area contributed by atoms with Gasteiger partial charge in [0.2, 0.25) is 0 Å². The predicted molar refractivity (Wildman–Crippen MR) is 125 cm³/mol. The smallest absolute Gasteiger partial charge is 0.276 e. The highest BCUT2D eigenvalue weighted by Crippen LogP contribution is 2.32. The second-order valence-corrected chi connectivity index (χ2v) is 7.86. The molecule has 1 fully saturated rings. The average Bonchev–Trinajstić information content (AvgIpc) is 3.14. The molecule has 1 aliphatic heterocycles. The number of hydrogen-bond donors (Lipinski definition) is 3.